The van der Waals surface area contributed by atoms with E-state index in [9.17, 15) is 9.59 Å². The van der Waals surface area contributed by atoms with Gasteiger partial charge < -0.3 is 11.5 Å². The minimum atomic E-state index is 0.0237. The van der Waals surface area contributed by atoms with Gasteiger partial charge in [0.25, 0.3) is 0 Å². The average Bonchev–Trinajstić information content (AvgIpc) is 2.63. The number of nitrogen functional groups attached to an aromatic ring is 2. The minimum Gasteiger partial charge on any atom is -0.399 e. The van der Waals surface area contributed by atoms with E-state index in [2.05, 4.69) is 0 Å². The van der Waals surface area contributed by atoms with Crippen LogP contribution < -0.4 is 11.5 Å². The third-order valence-electron chi connectivity index (χ3n) is 3.53. The Balaban J connectivity index is 0.000000196. The van der Waals surface area contributed by atoms with E-state index in [1.807, 2.05) is 18.2 Å². The summed E-state index contributed by atoms with van der Waals surface area (Å²) >= 11 is 0. The van der Waals surface area contributed by atoms with Gasteiger partial charge in [-0.2, -0.15) is 0 Å². The van der Waals surface area contributed by atoms with Crippen LogP contribution in [0.15, 0.2) is 78.9 Å². The molecule has 0 aliphatic rings. The van der Waals surface area contributed by atoms with Crippen molar-refractivity contribution in [2.75, 3.05) is 11.5 Å². The third kappa shape index (κ3) is 5.32. The van der Waals surface area contributed by atoms with Crippen molar-refractivity contribution < 1.29 is 9.59 Å². The third-order valence-corrected chi connectivity index (χ3v) is 3.53. The second-order valence-corrected chi connectivity index (χ2v) is 5.50. The molecule has 126 valence electrons. The first kappa shape index (κ1) is 17.9. The van der Waals surface area contributed by atoms with E-state index >= 15 is 0 Å². The summed E-state index contributed by atoms with van der Waals surface area (Å²) in [7, 11) is 0. The largest absolute Gasteiger partial charge is 0.399 e. The number of anilines is 2. The van der Waals surface area contributed by atoms with Crippen molar-refractivity contribution in [3.05, 3.63) is 95.6 Å². The van der Waals surface area contributed by atoms with Crippen LogP contribution in [-0.2, 0) is 0 Å². The molecule has 0 saturated carbocycles. The molecule has 4 heteroatoms. The highest BCUT2D eigenvalue weighted by Crippen LogP contribution is 2.11. The van der Waals surface area contributed by atoms with Crippen LogP contribution >= 0.6 is 0 Å². The van der Waals surface area contributed by atoms with Gasteiger partial charge in [0.2, 0.25) is 0 Å². The summed E-state index contributed by atoms with van der Waals surface area (Å²) in [6, 6.07) is 23.0. The Morgan fingerprint density at radius 2 is 1.00 bits per heavy atom. The fourth-order valence-corrected chi connectivity index (χ4v) is 2.11. The highest BCUT2D eigenvalue weighted by Gasteiger charge is 2.07. The molecule has 0 heterocycles. The zero-order chi connectivity index (χ0) is 18.2. The highest BCUT2D eigenvalue weighted by molar-refractivity contribution is 6.09. The van der Waals surface area contributed by atoms with Crippen molar-refractivity contribution in [2.45, 2.75) is 6.92 Å². The van der Waals surface area contributed by atoms with Gasteiger partial charge in [-0.05, 0) is 55.5 Å². The number of nitrogens with two attached hydrogens (primary N) is 2. The number of hydrogen-bond donors (Lipinski definition) is 2. The van der Waals surface area contributed by atoms with Crippen molar-refractivity contribution >= 4 is 22.9 Å². The molecule has 0 aliphatic carbocycles. The Morgan fingerprint density at radius 1 is 0.600 bits per heavy atom. The van der Waals surface area contributed by atoms with E-state index in [-0.39, 0.29) is 11.6 Å². The first-order valence-electron chi connectivity index (χ1n) is 7.79. The maximum absolute atomic E-state index is 11.9. The summed E-state index contributed by atoms with van der Waals surface area (Å²) in [5, 5.41) is 0. The summed E-state index contributed by atoms with van der Waals surface area (Å²) in [5.74, 6) is 0.0931. The zero-order valence-corrected chi connectivity index (χ0v) is 14.0. The minimum absolute atomic E-state index is 0.0237. The Kier molecular flexibility index (Phi) is 6.07. The van der Waals surface area contributed by atoms with Gasteiger partial charge in [-0.3, -0.25) is 9.59 Å². The van der Waals surface area contributed by atoms with Gasteiger partial charge in [0.1, 0.15) is 0 Å². The van der Waals surface area contributed by atoms with Crippen LogP contribution in [0.25, 0.3) is 0 Å². The van der Waals surface area contributed by atoms with Crippen LogP contribution in [0.5, 0.6) is 0 Å². The molecule has 0 unspecified atom stereocenters. The fourth-order valence-electron chi connectivity index (χ4n) is 2.11. The van der Waals surface area contributed by atoms with Crippen molar-refractivity contribution in [1.82, 2.24) is 0 Å². The number of carbonyl (C=O) groups excluding carboxylic acids is 2. The molecule has 0 bridgehead atoms. The van der Waals surface area contributed by atoms with Crippen LogP contribution in [0.4, 0.5) is 11.4 Å². The van der Waals surface area contributed by atoms with Crippen LogP contribution in [0, 0.1) is 0 Å². The zero-order valence-electron chi connectivity index (χ0n) is 14.0. The second-order valence-electron chi connectivity index (χ2n) is 5.50. The van der Waals surface area contributed by atoms with E-state index in [4.69, 9.17) is 11.5 Å². The van der Waals surface area contributed by atoms with Crippen LogP contribution in [0.3, 0.4) is 0 Å². The maximum Gasteiger partial charge on any atom is 0.193 e. The molecule has 0 aliphatic heterocycles. The molecule has 0 atom stereocenters. The van der Waals surface area contributed by atoms with Gasteiger partial charge in [-0.1, -0.05) is 30.3 Å². The number of ketones is 2. The first-order valence-corrected chi connectivity index (χ1v) is 7.79. The molecule has 0 saturated heterocycles. The van der Waals surface area contributed by atoms with Gasteiger partial charge in [-0.25, -0.2) is 0 Å². The fraction of sp³-hybridized carbons (Fsp3) is 0.0476. The van der Waals surface area contributed by atoms with Crippen molar-refractivity contribution in [2.24, 2.45) is 0 Å². The van der Waals surface area contributed by atoms with Gasteiger partial charge >= 0.3 is 0 Å². The van der Waals surface area contributed by atoms with Gasteiger partial charge in [0, 0.05) is 28.1 Å². The molecule has 4 N–H and O–H groups in total. The summed E-state index contributed by atoms with van der Waals surface area (Å²) in [4.78, 5) is 22.6. The average molecular weight is 332 g/mol. The normalized spacial score (nSPS) is 9.64. The molecule has 3 aromatic carbocycles. The molecule has 0 aromatic heterocycles. The topological polar surface area (TPSA) is 86.2 Å². The number of rotatable bonds is 3. The molecule has 3 aromatic rings. The smallest absolute Gasteiger partial charge is 0.193 e. The van der Waals surface area contributed by atoms with E-state index in [0.29, 0.717) is 28.1 Å². The van der Waals surface area contributed by atoms with Crippen molar-refractivity contribution in [3.8, 4) is 0 Å². The van der Waals surface area contributed by atoms with Gasteiger partial charge in [0.15, 0.2) is 11.6 Å². The predicted molar refractivity (Wildman–Crippen MR) is 102 cm³/mol. The molecule has 3 rings (SSSR count). The summed E-state index contributed by atoms with van der Waals surface area (Å²) in [5.41, 5.74) is 14.4. The SMILES string of the molecule is CC(=O)c1ccc(N)cc1.Nc1ccc(C(=O)c2ccccc2)cc1. The monoisotopic (exact) mass is 332 g/mol. The quantitative estimate of drug-likeness (QED) is 0.561. The Labute approximate surface area is 147 Å². The van der Waals surface area contributed by atoms with E-state index in [1.54, 1.807) is 60.7 Å². The number of carbonyl (C=O) groups is 2. The molecule has 0 spiro atoms. The first-order chi connectivity index (χ1) is 12.0. The Morgan fingerprint density at radius 3 is 1.44 bits per heavy atom. The summed E-state index contributed by atoms with van der Waals surface area (Å²) in [6.07, 6.45) is 0. The lowest BCUT2D eigenvalue weighted by atomic mass is 10.0. The molecule has 4 nitrogen and oxygen atoms in total. The summed E-state index contributed by atoms with van der Waals surface area (Å²) < 4.78 is 0. The van der Waals surface area contributed by atoms with E-state index < -0.39 is 0 Å². The van der Waals surface area contributed by atoms with Crippen LogP contribution in [0.1, 0.15) is 33.2 Å². The molecule has 0 fully saturated rings. The molecular weight excluding hydrogens is 312 g/mol. The van der Waals surface area contributed by atoms with Crippen molar-refractivity contribution in [1.29, 1.82) is 0 Å². The predicted octanol–water partition coefficient (Wildman–Crippen LogP) is 3.97. The standard InChI is InChI=1S/C13H11NO.C8H9NO/c14-12-8-6-11(7-9-12)13(15)10-4-2-1-3-5-10;1-6(10)7-2-4-8(9)5-3-7/h1-9H,14H2;2-5H,9H2,1H3. The lowest BCUT2D eigenvalue weighted by Crippen LogP contribution is -2.00. The molecule has 0 amide bonds. The van der Waals surface area contributed by atoms with Crippen molar-refractivity contribution in [3.63, 3.8) is 0 Å². The molecule has 0 radical (unpaired) electrons. The van der Waals surface area contributed by atoms with E-state index in [1.165, 1.54) is 6.92 Å². The van der Waals surface area contributed by atoms with Gasteiger partial charge in [-0.15, -0.1) is 0 Å². The van der Waals surface area contributed by atoms with E-state index in [0.717, 1.165) is 0 Å². The van der Waals surface area contributed by atoms with Crippen LogP contribution in [-0.4, -0.2) is 11.6 Å². The second kappa shape index (κ2) is 8.45. The lowest BCUT2D eigenvalue weighted by Gasteiger charge is -2.00. The summed E-state index contributed by atoms with van der Waals surface area (Å²) in [6.45, 7) is 1.53. The lowest BCUT2D eigenvalue weighted by molar-refractivity contribution is 0.101. The van der Waals surface area contributed by atoms with Gasteiger partial charge in [0.05, 0.1) is 0 Å². The van der Waals surface area contributed by atoms with Crippen LogP contribution in [0.2, 0.25) is 0 Å². The Hall–Kier alpha value is -3.40. The molecular formula is C21H20N2O2. The number of benzene rings is 3. The Bertz CT molecular complexity index is 839. The molecule has 25 heavy (non-hydrogen) atoms. The number of Topliss-reactive ketones (excluding diaryl/α,β-unsaturated/α-hetero) is 1. The highest BCUT2D eigenvalue weighted by atomic mass is 16.1. The number of hydrogen-bond acceptors (Lipinski definition) is 4. The maximum atomic E-state index is 11.9.